The number of hydrogen-bond acceptors (Lipinski definition) is 5. The summed E-state index contributed by atoms with van der Waals surface area (Å²) in [5.74, 6) is -0.413. The number of carbonyl (C=O) groups is 2. The second-order valence-electron chi connectivity index (χ2n) is 5.73. The van der Waals surface area contributed by atoms with Crippen LogP contribution in [0.1, 0.15) is 23.4 Å². The molecule has 0 spiro atoms. The standard InChI is InChI=1S/C19H21N3O3S/c1-2-25-18(23)14-11-21-19(24)22-15(14)12-20-17(16-9-6-10-26-16)13-7-4-3-5-8-13/h3-10,17,20H,2,11-12H2,1H3,(H2,21,22,24)/t17-/m0/s1. The van der Waals surface area contributed by atoms with Gasteiger partial charge in [0.1, 0.15) is 0 Å². The molecule has 0 bridgehead atoms. The molecule has 7 heteroatoms. The lowest BCUT2D eigenvalue weighted by molar-refractivity contribution is -0.138. The average molecular weight is 371 g/mol. The van der Waals surface area contributed by atoms with Gasteiger partial charge in [0.05, 0.1) is 24.8 Å². The van der Waals surface area contributed by atoms with Crippen molar-refractivity contribution in [1.29, 1.82) is 0 Å². The molecule has 1 aliphatic rings. The molecule has 1 aliphatic heterocycles. The zero-order valence-corrected chi connectivity index (χ0v) is 15.3. The largest absolute Gasteiger partial charge is 0.463 e. The number of thiophene rings is 1. The molecule has 1 aromatic heterocycles. The molecule has 0 radical (unpaired) electrons. The summed E-state index contributed by atoms with van der Waals surface area (Å²) in [6, 6.07) is 13.8. The molecule has 1 atom stereocenters. The van der Waals surface area contributed by atoms with Crippen molar-refractivity contribution in [2.45, 2.75) is 13.0 Å². The Labute approximate surface area is 156 Å². The van der Waals surface area contributed by atoms with E-state index in [4.69, 9.17) is 4.74 Å². The highest BCUT2D eigenvalue weighted by Crippen LogP contribution is 2.26. The van der Waals surface area contributed by atoms with Crippen molar-refractivity contribution in [3.63, 3.8) is 0 Å². The molecule has 0 saturated heterocycles. The number of carbonyl (C=O) groups excluding carboxylic acids is 2. The monoisotopic (exact) mass is 371 g/mol. The molecule has 2 amide bonds. The third-order valence-electron chi connectivity index (χ3n) is 4.02. The Hall–Kier alpha value is -2.64. The van der Waals surface area contributed by atoms with Crippen LogP contribution in [0.15, 0.2) is 59.1 Å². The van der Waals surface area contributed by atoms with Gasteiger partial charge in [-0.3, -0.25) is 5.32 Å². The number of nitrogens with one attached hydrogen (secondary N) is 3. The lowest BCUT2D eigenvalue weighted by atomic mass is 10.0. The highest BCUT2D eigenvalue weighted by molar-refractivity contribution is 7.10. The van der Waals surface area contributed by atoms with Crippen molar-refractivity contribution in [1.82, 2.24) is 16.0 Å². The van der Waals surface area contributed by atoms with Gasteiger partial charge in [-0.25, -0.2) is 9.59 Å². The molecule has 136 valence electrons. The van der Waals surface area contributed by atoms with Crippen LogP contribution in [0.2, 0.25) is 0 Å². The van der Waals surface area contributed by atoms with Gasteiger partial charge in [-0.05, 0) is 23.9 Å². The van der Waals surface area contributed by atoms with Crippen molar-refractivity contribution < 1.29 is 14.3 Å². The summed E-state index contributed by atoms with van der Waals surface area (Å²) in [5, 5.41) is 10.8. The molecule has 26 heavy (non-hydrogen) atoms. The molecule has 2 aromatic rings. The smallest absolute Gasteiger partial charge is 0.337 e. The Kier molecular flexibility index (Phi) is 6.04. The fourth-order valence-corrected chi connectivity index (χ4v) is 3.61. The van der Waals surface area contributed by atoms with Crippen LogP contribution in [0, 0.1) is 0 Å². The van der Waals surface area contributed by atoms with Gasteiger partial charge in [-0.1, -0.05) is 36.4 Å². The zero-order valence-electron chi connectivity index (χ0n) is 14.5. The number of esters is 1. The Balaban J connectivity index is 1.82. The van der Waals surface area contributed by atoms with Gasteiger partial charge in [-0.2, -0.15) is 0 Å². The summed E-state index contributed by atoms with van der Waals surface area (Å²) in [5.41, 5.74) is 2.11. The van der Waals surface area contributed by atoms with Crippen molar-refractivity contribution in [2.75, 3.05) is 19.7 Å². The minimum absolute atomic E-state index is 0.0288. The highest BCUT2D eigenvalue weighted by atomic mass is 32.1. The summed E-state index contributed by atoms with van der Waals surface area (Å²) >= 11 is 1.66. The van der Waals surface area contributed by atoms with Crippen LogP contribution < -0.4 is 16.0 Å². The molecule has 6 nitrogen and oxygen atoms in total. The van der Waals surface area contributed by atoms with Gasteiger partial charge >= 0.3 is 12.0 Å². The van der Waals surface area contributed by atoms with Gasteiger partial charge < -0.3 is 15.4 Å². The topological polar surface area (TPSA) is 79.5 Å². The molecule has 3 N–H and O–H groups in total. The lowest BCUT2D eigenvalue weighted by Crippen LogP contribution is -2.46. The maximum atomic E-state index is 12.2. The van der Waals surface area contributed by atoms with Crippen LogP contribution in [0.25, 0.3) is 0 Å². The van der Waals surface area contributed by atoms with Gasteiger partial charge in [0, 0.05) is 17.1 Å². The van der Waals surface area contributed by atoms with E-state index in [1.807, 2.05) is 29.6 Å². The number of benzene rings is 1. The van der Waals surface area contributed by atoms with Crippen molar-refractivity contribution in [3.05, 3.63) is 69.6 Å². The molecular formula is C19H21N3O3S. The van der Waals surface area contributed by atoms with E-state index < -0.39 is 5.97 Å². The number of rotatable bonds is 7. The predicted molar refractivity (Wildman–Crippen MR) is 101 cm³/mol. The van der Waals surface area contributed by atoms with Gasteiger partial charge in [-0.15, -0.1) is 11.3 Å². The summed E-state index contributed by atoms with van der Waals surface area (Å²) in [6.45, 7) is 2.56. The SMILES string of the molecule is CCOC(=O)C1=C(CN[C@@H](c2ccccc2)c2cccs2)NC(=O)NC1. The number of urea groups is 1. The minimum Gasteiger partial charge on any atom is -0.463 e. The summed E-state index contributed by atoms with van der Waals surface area (Å²) in [7, 11) is 0. The first-order chi connectivity index (χ1) is 12.7. The van der Waals surface area contributed by atoms with E-state index in [0.717, 1.165) is 10.4 Å². The fourth-order valence-electron chi connectivity index (χ4n) is 2.78. The van der Waals surface area contributed by atoms with E-state index in [1.54, 1.807) is 18.3 Å². The van der Waals surface area contributed by atoms with Gasteiger partial charge in [0.2, 0.25) is 0 Å². The fraction of sp³-hybridized carbons (Fsp3) is 0.263. The highest BCUT2D eigenvalue weighted by Gasteiger charge is 2.24. The molecule has 0 saturated carbocycles. The van der Waals surface area contributed by atoms with E-state index in [1.165, 1.54) is 0 Å². The van der Waals surface area contributed by atoms with E-state index in [2.05, 4.69) is 34.1 Å². The Morgan fingerprint density at radius 2 is 2.08 bits per heavy atom. The Morgan fingerprint density at radius 1 is 1.27 bits per heavy atom. The quantitative estimate of drug-likeness (QED) is 0.654. The van der Waals surface area contributed by atoms with E-state index in [0.29, 0.717) is 24.4 Å². The normalized spacial score (nSPS) is 15.2. The van der Waals surface area contributed by atoms with E-state index in [-0.39, 0.29) is 18.6 Å². The van der Waals surface area contributed by atoms with Crippen LogP contribution in [0.3, 0.4) is 0 Å². The molecule has 0 fully saturated rings. The molecule has 1 aromatic carbocycles. The Bertz CT molecular complexity index is 788. The van der Waals surface area contributed by atoms with Crippen LogP contribution in [-0.2, 0) is 9.53 Å². The first-order valence-electron chi connectivity index (χ1n) is 8.44. The molecule has 2 heterocycles. The third kappa shape index (κ3) is 4.30. The van der Waals surface area contributed by atoms with Crippen LogP contribution in [-0.4, -0.2) is 31.7 Å². The van der Waals surface area contributed by atoms with Crippen LogP contribution in [0.4, 0.5) is 4.79 Å². The Morgan fingerprint density at radius 3 is 2.77 bits per heavy atom. The molecular weight excluding hydrogens is 350 g/mol. The second kappa shape index (κ2) is 8.64. The number of amides is 2. The van der Waals surface area contributed by atoms with Crippen molar-refractivity contribution >= 4 is 23.3 Å². The van der Waals surface area contributed by atoms with Crippen LogP contribution >= 0.6 is 11.3 Å². The summed E-state index contributed by atoms with van der Waals surface area (Å²) in [6.07, 6.45) is 0. The number of hydrogen-bond donors (Lipinski definition) is 3. The maximum Gasteiger partial charge on any atom is 0.337 e. The molecule has 0 aliphatic carbocycles. The van der Waals surface area contributed by atoms with Crippen LogP contribution in [0.5, 0.6) is 0 Å². The maximum absolute atomic E-state index is 12.2. The first kappa shape index (κ1) is 18.2. The second-order valence-corrected chi connectivity index (χ2v) is 6.70. The molecule has 3 rings (SSSR count). The summed E-state index contributed by atoms with van der Waals surface area (Å²) in [4.78, 5) is 25.0. The van der Waals surface area contributed by atoms with E-state index >= 15 is 0 Å². The first-order valence-corrected chi connectivity index (χ1v) is 9.32. The van der Waals surface area contributed by atoms with E-state index in [9.17, 15) is 9.59 Å². The summed E-state index contributed by atoms with van der Waals surface area (Å²) < 4.78 is 5.10. The van der Waals surface area contributed by atoms with Crippen molar-refractivity contribution in [3.8, 4) is 0 Å². The molecule has 0 unspecified atom stereocenters. The zero-order chi connectivity index (χ0) is 18.4. The average Bonchev–Trinajstić information content (AvgIpc) is 3.17. The minimum atomic E-state index is -0.413. The predicted octanol–water partition coefficient (Wildman–Crippen LogP) is 2.56. The van der Waals surface area contributed by atoms with Crippen molar-refractivity contribution in [2.24, 2.45) is 0 Å². The number of ether oxygens (including phenoxy) is 1. The van der Waals surface area contributed by atoms with Gasteiger partial charge in [0.25, 0.3) is 0 Å². The lowest BCUT2D eigenvalue weighted by Gasteiger charge is -2.24. The van der Waals surface area contributed by atoms with Gasteiger partial charge in [0.15, 0.2) is 0 Å². The third-order valence-corrected chi connectivity index (χ3v) is 4.96.